The number of benzene rings is 1. The van der Waals surface area contributed by atoms with Crippen molar-refractivity contribution in [3.63, 3.8) is 0 Å². The van der Waals surface area contributed by atoms with Crippen molar-refractivity contribution in [2.24, 2.45) is 6.98 Å². The van der Waals surface area contributed by atoms with Crippen LogP contribution < -0.4 is 10.6 Å². The molecule has 2 heterocycles. The molecule has 3 N–H and O–H groups in total. The highest BCUT2D eigenvalue weighted by molar-refractivity contribution is 5.96. The first-order valence-corrected chi connectivity index (χ1v) is 10.4. The Morgan fingerprint density at radius 3 is 2.72 bits per heavy atom. The second-order valence-electron chi connectivity index (χ2n) is 8.86. The van der Waals surface area contributed by atoms with Crippen LogP contribution in [0.5, 0.6) is 0 Å². The lowest BCUT2D eigenvalue weighted by Gasteiger charge is -2.26. The molecule has 0 aliphatic heterocycles. The predicted octanol–water partition coefficient (Wildman–Crippen LogP) is 3.67. The quantitative estimate of drug-likeness (QED) is 0.521. The van der Waals surface area contributed by atoms with E-state index in [-0.39, 0.29) is 18.2 Å². The van der Waals surface area contributed by atoms with E-state index in [1.165, 1.54) is 24.5 Å². The molecule has 32 heavy (non-hydrogen) atoms. The summed E-state index contributed by atoms with van der Waals surface area (Å²) in [7, 11) is 0. The Balaban J connectivity index is 1.81. The monoisotopic (exact) mass is 440 g/mol. The van der Waals surface area contributed by atoms with Gasteiger partial charge in [-0.25, -0.2) is 9.37 Å². The molecule has 0 radical (unpaired) electrons. The van der Waals surface area contributed by atoms with Crippen molar-refractivity contribution in [1.82, 2.24) is 20.1 Å². The SMILES string of the molecule is [2H]C([2H])([2H])n1cc(-c2cc(-c3cc(C(=O)NC4CC4)c(F)cc3C)cnc2NC(C)(C)CO)cn1. The molecule has 168 valence electrons. The van der Waals surface area contributed by atoms with Crippen LogP contribution in [0, 0.1) is 12.7 Å². The maximum atomic E-state index is 14.6. The molecule has 7 nitrogen and oxygen atoms in total. The van der Waals surface area contributed by atoms with E-state index in [4.69, 9.17) is 4.11 Å². The molecule has 1 aliphatic carbocycles. The summed E-state index contributed by atoms with van der Waals surface area (Å²) in [5, 5.41) is 19.7. The third kappa shape index (κ3) is 4.65. The molecule has 0 unspecified atom stereocenters. The molecule has 3 aromatic rings. The number of hydrogen-bond donors (Lipinski definition) is 3. The summed E-state index contributed by atoms with van der Waals surface area (Å²) in [6, 6.07) is 4.71. The minimum atomic E-state index is -2.45. The number of pyridine rings is 1. The lowest BCUT2D eigenvalue weighted by molar-refractivity contribution is 0.0947. The van der Waals surface area contributed by atoms with E-state index in [1.54, 1.807) is 33.0 Å². The Bertz CT molecular complexity index is 1270. The fraction of sp³-hybridized carbons (Fsp3) is 0.375. The Labute approximate surface area is 190 Å². The topological polar surface area (TPSA) is 92.1 Å². The predicted molar refractivity (Wildman–Crippen MR) is 122 cm³/mol. The lowest BCUT2D eigenvalue weighted by Crippen LogP contribution is -2.35. The van der Waals surface area contributed by atoms with Crippen molar-refractivity contribution in [1.29, 1.82) is 0 Å². The molecule has 1 amide bonds. The number of amides is 1. The Morgan fingerprint density at radius 1 is 1.28 bits per heavy atom. The number of carbonyl (C=O) groups is 1. The van der Waals surface area contributed by atoms with Crippen molar-refractivity contribution in [2.75, 3.05) is 11.9 Å². The van der Waals surface area contributed by atoms with Gasteiger partial charge in [0, 0.05) is 46.2 Å². The van der Waals surface area contributed by atoms with Gasteiger partial charge in [-0.1, -0.05) is 0 Å². The Kier molecular flexibility index (Phi) is 4.78. The van der Waals surface area contributed by atoms with Crippen molar-refractivity contribution in [2.45, 2.75) is 45.2 Å². The van der Waals surface area contributed by atoms with Crippen LogP contribution in [0.3, 0.4) is 0 Å². The average Bonchev–Trinajstić information content (AvgIpc) is 3.43. The summed E-state index contributed by atoms with van der Waals surface area (Å²) in [4.78, 5) is 17.1. The molecular formula is C24H28FN5O2. The minimum absolute atomic E-state index is 0.0436. The summed E-state index contributed by atoms with van der Waals surface area (Å²) >= 11 is 0. The van der Waals surface area contributed by atoms with Gasteiger partial charge in [-0.15, -0.1) is 0 Å². The fourth-order valence-corrected chi connectivity index (χ4v) is 3.40. The van der Waals surface area contributed by atoms with Gasteiger partial charge in [0.1, 0.15) is 11.6 Å². The molecule has 1 saturated carbocycles. The van der Waals surface area contributed by atoms with Gasteiger partial charge in [-0.05, 0) is 62.9 Å². The first-order valence-electron chi connectivity index (χ1n) is 11.9. The standard InChI is InChI=1S/C24H28FN5O2/c1-14-7-21(25)20(23(32)28-17-5-6-17)9-18(14)15-8-19(16-11-27-30(4)12-16)22(26-10-15)29-24(2,3)13-31/h7-12,17,31H,5-6,13H2,1-4H3,(H,26,29)(H,28,32)/i4D3. The zero-order valence-electron chi connectivity index (χ0n) is 21.2. The van der Waals surface area contributed by atoms with Gasteiger partial charge in [0.2, 0.25) is 0 Å². The summed E-state index contributed by atoms with van der Waals surface area (Å²) < 4.78 is 38.4. The van der Waals surface area contributed by atoms with Gasteiger partial charge in [0.05, 0.1) is 23.9 Å². The number of hydrogen-bond acceptors (Lipinski definition) is 5. The summed E-state index contributed by atoms with van der Waals surface area (Å²) in [5.74, 6) is -0.634. The van der Waals surface area contributed by atoms with Crippen LogP contribution in [0.25, 0.3) is 22.3 Å². The number of rotatable bonds is 7. The Hall–Kier alpha value is -3.26. The molecule has 0 bridgehead atoms. The van der Waals surface area contributed by atoms with Gasteiger partial charge in [-0.2, -0.15) is 5.10 Å². The van der Waals surface area contributed by atoms with Crippen LogP contribution in [-0.2, 0) is 6.98 Å². The van der Waals surface area contributed by atoms with Crippen LogP contribution in [0.2, 0.25) is 0 Å². The number of nitrogens with zero attached hydrogens (tertiary/aromatic N) is 3. The third-order valence-corrected chi connectivity index (χ3v) is 5.42. The second-order valence-corrected chi connectivity index (χ2v) is 8.86. The van der Waals surface area contributed by atoms with Crippen molar-refractivity contribution >= 4 is 11.7 Å². The molecular weight excluding hydrogens is 409 g/mol. The van der Waals surface area contributed by atoms with Crippen LogP contribution in [0.4, 0.5) is 10.2 Å². The number of carbonyl (C=O) groups excluding carboxylic acids is 1. The molecule has 4 rings (SSSR count). The largest absolute Gasteiger partial charge is 0.394 e. The summed E-state index contributed by atoms with van der Waals surface area (Å²) in [6.45, 7) is 2.73. The van der Waals surface area contributed by atoms with Gasteiger partial charge in [-0.3, -0.25) is 9.48 Å². The molecule has 0 saturated heterocycles. The molecule has 8 heteroatoms. The van der Waals surface area contributed by atoms with E-state index in [0.29, 0.717) is 33.6 Å². The molecule has 0 spiro atoms. The maximum Gasteiger partial charge on any atom is 0.254 e. The zero-order valence-corrected chi connectivity index (χ0v) is 18.2. The maximum absolute atomic E-state index is 14.6. The molecule has 1 aliphatic rings. The number of aliphatic hydroxyl groups excluding tert-OH is 1. The molecule has 2 aromatic heterocycles. The van der Waals surface area contributed by atoms with Crippen LogP contribution >= 0.6 is 0 Å². The van der Waals surface area contributed by atoms with Crippen molar-refractivity contribution in [3.8, 4) is 22.3 Å². The summed E-state index contributed by atoms with van der Waals surface area (Å²) in [6.07, 6.45) is 6.20. The highest BCUT2D eigenvalue weighted by atomic mass is 19.1. The van der Waals surface area contributed by atoms with E-state index < -0.39 is 24.2 Å². The highest BCUT2D eigenvalue weighted by Crippen LogP contribution is 2.34. The fourth-order valence-electron chi connectivity index (χ4n) is 3.40. The van der Waals surface area contributed by atoms with Crippen molar-refractivity contribution < 1.29 is 18.4 Å². The van der Waals surface area contributed by atoms with Gasteiger partial charge in [0.25, 0.3) is 5.91 Å². The number of halogens is 1. The first-order chi connectivity index (χ1) is 16.4. The highest BCUT2D eigenvalue weighted by Gasteiger charge is 2.26. The Morgan fingerprint density at radius 2 is 2.06 bits per heavy atom. The molecule has 1 aromatic carbocycles. The van der Waals surface area contributed by atoms with Crippen LogP contribution in [0.15, 0.2) is 36.8 Å². The van der Waals surface area contributed by atoms with E-state index in [0.717, 1.165) is 17.5 Å². The second kappa shape index (κ2) is 8.35. The van der Waals surface area contributed by atoms with Crippen LogP contribution in [0.1, 0.15) is 46.7 Å². The normalized spacial score (nSPS) is 15.6. The van der Waals surface area contributed by atoms with Gasteiger partial charge >= 0.3 is 0 Å². The summed E-state index contributed by atoms with van der Waals surface area (Å²) in [5.41, 5.74) is 2.16. The minimum Gasteiger partial charge on any atom is -0.394 e. The number of aromatic nitrogens is 3. The van der Waals surface area contributed by atoms with Gasteiger partial charge in [0.15, 0.2) is 0 Å². The van der Waals surface area contributed by atoms with E-state index in [2.05, 4.69) is 20.7 Å². The zero-order chi connectivity index (χ0) is 25.5. The van der Waals surface area contributed by atoms with Crippen molar-refractivity contribution in [3.05, 3.63) is 53.7 Å². The number of aryl methyl sites for hydroxylation is 2. The smallest absolute Gasteiger partial charge is 0.254 e. The van der Waals surface area contributed by atoms with Crippen LogP contribution in [-0.4, -0.2) is 44.0 Å². The number of aliphatic hydroxyl groups is 1. The lowest BCUT2D eigenvalue weighted by atomic mass is 9.96. The van der Waals surface area contributed by atoms with E-state index in [1.807, 2.05) is 0 Å². The average molecular weight is 441 g/mol. The van der Waals surface area contributed by atoms with E-state index in [9.17, 15) is 14.3 Å². The van der Waals surface area contributed by atoms with E-state index >= 15 is 0 Å². The van der Waals surface area contributed by atoms with Gasteiger partial charge < -0.3 is 15.7 Å². The number of anilines is 1. The third-order valence-electron chi connectivity index (χ3n) is 5.42. The molecule has 1 fully saturated rings. The first kappa shape index (κ1) is 18.3. The number of nitrogens with one attached hydrogen (secondary N) is 2. The molecule has 0 atom stereocenters.